The van der Waals surface area contributed by atoms with Gasteiger partial charge in [-0.15, -0.1) is 0 Å². The Bertz CT molecular complexity index is 892. The quantitative estimate of drug-likeness (QED) is 0.676. The van der Waals surface area contributed by atoms with E-state index in [0.29, 0.717) is 6.42 Å². The van der Waals surface area contributed by atoms with E-state index in [1.807, 2.05) is 6.07 Å². The normalized spacial score (nSPS) is 15.7. The second-order valence-electron chi connectivity index (χ2n) is 6.93. The number of hydrogen-bond donors (Lipinski definition) is 1. The monoisotopic (exact) mass is 368 g/mol. The number of likely N-dealkylation sites (N-methyl/N-ethyl adjacent to an activating group) is 1. The number of aryl methyl sites for hydroxylation is 1. The van der Waals surface area contributed by atoms with Crippen molar-refractivity contribution in [3.05, 3.63) is 47.1 Å². The number of thiazole rings is 1. The molecule has 3 aromatic rings. The first-order chi connectivity index (χ1) is 12.7. The lowest BCUT2D eigenvalue weighted by Gasteiger charge is -2.32. The Morgan fingerprint density at radius 1 is 1.23 bits per heavy atom. The van der Waals surface area contributed by atoms with Crippen molar-refractivity contribution < 1.29 is 4.79 Å². The molecule has 2 aromatic heterocycles. The fourth-order valence-corrected chi connectivity index (χ4v) is 4.37. The van der Waals surface area contributed by atoms with Gasteiger partial charge in [0.25, 0.3) is 0 Å². The highest BCUT2D eigenvalue weighted by Gasteiger charge is 2.19. The molecule has 0 atom stereocenters. The first kappa shape index (κ1) is 17.2. The van der Waals surface area contributed by atoms with Crippen LogP contribution in [0.5, 0.6) is 0 Å². The lowest BCUT2D eigenvalue weighted by Crippen LogP contribution is -2.44. The van der Waals surface area contributed by atoms with Crippen molar-refractivity contribution in [1.82, 2.24) is 14.9 Å². The average molecular weight is 369 g/mol. The van der Waals surface area contributed by atoms with E-state index < -0.39 is 0 Å². The van der Waals surface area contributed by atoms with Crippen molar-refractivity contribution in [1.29, 1.82) is 0 Å². The minimum Gasteiger partial charge on any atom is -0.361 e. The van der Waals surface area contributed by atoms with Crippen LogP contribution in [-0.2, 0) is 6.42 Å². The molecule has 0 radical (unpaired) electrons. The molecular weight excluding hydrogens is 344 g/mol. The highest BCUT2D eigenvalue weighted by atomic mass is 32.1. The summed E-state index contributed by atoms with van der Waals surface area (Å²) in [5.74, 6) is 0.211. The molecule has 1 N–H and O–H groups in total. The van der Waals surface area contributed by atoms with Gasteiger partial charge in [0.15, 0.2) is 10.9 Å². The largest absolute Gasteiger partial charge is 0.361 e. The van der Waals surface area contributed by atoms with E-state index in [9.17, 15) is 4.79 Å². The number of rotatable bonds is 6. The number of carbonyl (C=O) groups excluding carboxylic acids is 1. The molecule has 1 fully saturated rings. The molecule has 0 amide bonds. The lowest BCUT2D eigenvalue weighted by atomic mass is 10.1. The first-order valence-corrected chi connectivity index (χ1v) is 10.00. The molecular formula is C20H24N4OS. The molecule has 0 unspecified atom stereocenters. The minimum atomic E-state index is 0.211. The Kier molecular flexibility index (Phi) is 5.04. The van der Waals surface area contributed by atoms with Crippen LogP contribution in [0.4, 0.5) is 5.13 Å². The van der Waals surface area contributed by atoms with E-state index in [4.69, 9.17) is 0 Å². The fourth-order valence-electron chi connectivity index (χ4n) is 3.44. The maximum Gasteiger partial charge on any atom is 0.186 e. The number of benzene rings is 1. The van der Waals surface area contributed by atoms with E-state index in [1.54, 1.807) is 6.20 Å². The maximum atomic E-state index is 12.5. The summed E-state index contributed by atoms with van der Waals surface area (Å²) in [6.45, 7) is 4.07. The Morgan fingerprint density at radius 3 is 2.88 bits per heavy atom. The number of piperazine rings is 1. The van der Waals surface area contributed by atoms with Gasteiger partial charge in [-0.25, -0.2) is 4.98 Å². The number of fused-ring (bicyclic) bond motifs is 1. The number of para-hydroxylation sites is 1. The second kappa shape index (κ2) is 7.60. The van der Waals surface area contributed by atoms with Crippen molar-refractivity contribution >= 4 is 33.2 Å². The molecule has 6 heteroatoms. The molecule has 1 aliphatic heterocycles. The van der Waals surface area contributed by atoms with Gasteiger partial charge in [-0.2, -0.15) is 0 Å². The summed E-state index contributed by atoms with van der Waals surface area (Å²) in [5.41, 5.74) is 2.45. The molecule has 0 saturated carbocycles. The molecule has 136 valence electrons. The molecule has 3 heterocycles. The highest BCUT2D eigenvalue weighted by molar-refractivity contribution is 7.17. The van der Waals surface area contributed by atoms with Crippen LogP contribution in [0.3, 0.4) is 0 Å². The molecule has 1 saturated heterocycles. The van der Waals surface area contributed by atoms with Gasteiger partial charge >= 0.3 is 0 Å². The Balaban J connectivity index is 1.32. The predicted molar refractivity (Wildman–Crippen MR) is 107 cm³/mol. The smallest absolute Gasteiger partial charge is 0.186 e. The number of aromatic amines is 1. The zero-order valence-corrected chi connectivity index (χ0v) is 15.9. The number of hydrogen-bond acceptors (Lipinski definition) is 5. The molecule has 0 aliphatic carbocycles. The number of nitrogens with one attached hydrogen (secondary N) is 1. The average Bonchev–Trinajstić information content (AvgIpc) is 3.30. The SMILES string of the molecule is CN1CCN(c2ncc(C(=O)CCCc3c[nH]c4ccccc34)s2)CC1. The van der Waals surface area contributed by atoms with E-state index >= 15 is 0 Å². The van der Waals surface area contributed by atoms with Crippen LogP contribution in [-0.4, -0.2) is 53.9 Å². The van der Waals surface area contributed by atoms with Gasteiger partial charge in [0.2, 0.25) is 0 Å². The number of ketones is 1. The summed E-state index contributed by atoms with van der Waals surface area (Å²) in [7, 11) is 2.14. The number of anilines is 1. The molecule has 4 rings (SSSR count). The summed E-state index contributed by atoms with van der Waals surface area (Å²) >= 11 is 1.54. The summed E-state index contributed by atoms with van der Waals surface area (Å²) in [6, 6.07) is 8.31. The van der Waals surface area contributed by atoms with Crippen LogP contribution < -0.4 is 4.90 Å². The number of Topliss-reactive ketones (excluding diaryl/α,β-unsaturated/α-hetero) is 1. The van der Waals surface area contributed by atoms with Crippen LogP contribution in [0, 0.1) is 0 Å². The third kappa shape index (κ3) is 3.66. The van der Waals surface area contributed by atoms with Gasteiger partial charge < -0.3 is 14.8 Å². The topological polar surface area (TPSA) is 52.2 Å². The van der Waals surface area contributed by atoms with E-state index in [0.717, 1.165) is 54.5 Å². The Hall–Kier alpha value is -2.18. The summed E-state index contributed by atoms with van der Waals surface area (Å²) < 4.78 is 0. The number of aromatic nitrogens is 2. The van der Waals surface area contributed by atoms with Gasteiger partial charge in [-0.1, -0.05) is 29.5 Å². The lowest BCUT2D eigenvalue weighted by molar-refractivity contribution is 0.0984. The first-order valence-electron chi connectivity index (χ1n) is 9.18. The van der Waals surface area contributed by atoms with Gasteiger partial charge in [0, 0.05) is 49.7 Å². The van der Waals surface area contributed by atoms with Crippen molar-refractivity contribution in [2.24, 2.45) is 0 Å². The van der Waals surface area contributed by atoms with Crippen molar-refractivity contribution in [2.45, 2.75) is 19.3 Å². The van der Waals surface area contributed by atoms with Gasteiger partial charge in [0.05, 0.1) is 11.1 Å². The predicted octanol–water partition coefficient (Wildman–Crippen LogP) is 3.58. The van der Waals surface area contributed by atoms with Gasteiger partial charge in [0.1, 0.15) is 0 Å². The number of nitrogens with zero attached hydrogens (tertiary/aromatic N) is 3. The van der Waals surface area contributed by atoms with Crippen LogP contribution >= 0.6 is 11.3 Å². The molecule has 0 spiro atoms. The molecule has 1 aromatic carbocycles. The maximum absolute atomic E-state index is 12.5. The Labute approximate surface area is 157 Å². The van der Waals surface area contributed by atoms with Crippen LogP contribution in [0.15, 0.2) is 36.7 Å². The van der Waals surface area contributed by atoms with Crippen molar-refractivity contribution in [2.75, 3.05) is 38.1 Å². The third-order valence-corrected chi connectivity index (χ3v) is 6.17. The minimum absolute atomic E-state index is 0.211. The summed E-state index contributed by atoms with van der Waals surface area (Å²) in [6.07, 6.45) is 6.17. The summed E-state index contributed by atoms with van der Waals surface area (Å²) in [5, 5.41) is 2.24. The van der Waals surface area contributed by atoms with Crippen molar-refractivity contribution in [3.63, 3.8) is 0 Å². The molecule has 5 nitrogen and oxygen atoms in total. The number of carbonyl (C=O) groups is 1. The second-order valence-corrected chi connectivity index (χ2v) is 7.94. The molecule has 1 aliphatic rings. The fraction of sp³-hybridized carbons (Fsp3) is 0.400. The summed E-state index contributed by atoms with van der Waals surface area (Å²) in [4.78, 5) is 25.7. The zero-order chi connectivity index (χ0) is 17.9. The third-order valence-electron chi connectivity index (χ3n) is 5.07. The van der Waals surface area contributed by atoms with Gasteiger partial charge in [-0.05, 0) is 31.5 Å². The van der Waals surface area contributed by atoms with Crippen LogP contribution in [0.25, 0.3) is 10.9 Å². The van der Waals surface area contributed by atoms with Gasteiger partial charge in [-0.3, -0.25) is 4.79 Å². The van der Waals surface area contributed by atoms with Crippen LogP contribution in [0.2, 0.25) is 0 Å². The van der Waals surface area contributed by atoms with E-state index in [2.05, 4.69) is 51.2 Å². The van der Waals surface area contributed by atoms with Crippen LogP contribution in [0.1, 0.15) is 28.1 Å². The number of H-pyrrole nitrogens is 1. The van der Waals surface area contributed by atoms with E-state index in [1.165, 1.54) is 22.3 Å². The van der Waals surface area contributed by atoms with E-state index in [-0.39, 0.29) is 5.78 Å². The highest BCUT2D eigenvalue weighted by Crippen LogP contribution is 2.25. The molecule has 0 bridgehead atoms. The zero-order valence-electron chi connectivity index (χ0n) is 15.1. The molecule has 26 heavy (non-hydrogen) atoms. The Morgan fingerprint density at radius 2 is 2.04 bits per heavy atom. The standard InChI is InChI=1S/C20H24N4OS/c1-23-9-11-24(12-10-23)20-22-14-19(26-20)18(25)8-4-5-15-13-21-17-7-3-2-6-16(15)17/h2-3,6-7,13-14,21H,4-5,8-12H2,1H3. The van der Waals surface area contributed by atoms with Crippen molar-refractivity contribution in [3.8, 4) is 0 Å².